The Kier molecular flexibility index (Phi) is 8.52. The summed E-state index contributed by atoms with van der Waals surface area (Å²) in [5.74, 6) is 1.19. The first-order valence-corrected chi connectivity index (χ1v) is 14.4. The van der Waals surface area contributed by atoms with Crippen LogP contribution < -0.4 is 10.1 Å². The first kappa shape index (κ1) is 27.6. The van der Waals surface area contributed by atoms with Gasteiger partial charge in [-0.1, -0.05) is 87.3 Å². The van der Waals surface area contributed by atoms with Crippen molar-refractivity contribution in [2.45, 2.75) is 30.5 Å². The first-order valence-electron chi connectivity index (χ1n) is 11.9. The number of esters is 1. The predicted molar refractivity (Wildman–Crippen MR) is 157 cm³/mol. The van der Waals surface area contributed by atoms with Crippen molar-refractivity contribution in [1.29, 1.82) is 0 Å². The van der Waals surface area contributed by atoms with Crippen molar-refractivity contribution in [2.75, 3.05) is 12.4 Å². The summed E-state index contributed by atoms with van der Waals surface area (Å²) < 4.78 is 14.0. The third-order valence-electron chi connectivity index (χ3n) is 6.16. The van der Waals surface area contributed by atoms with Crippen LogP contribution in [0.1, 0.15) is 29.7 Å². The van der Waals surface area contributed by atoms with Crippen LogP contribution >= 0.6 is 50.9 Å². The highest BCUT2D eigenvalue weighted by atomic mass is 79.9. The molecule has 4 aromatic rings. The van der Waals surface area contributed by atoms with E-state index in [0.29, 0.717) is 49.5 Å². The number of nitrogens with zero attached hydrogens (tertiary/aromatic N) is 3. The van der Waals surface area contributed by atoms with Crippen LogP contribution in [0.4, 0.5) is 5.95 Å². The van der Waals surface area contributed by atoms with Crippen LogP contribution in [0.5, 0.6) is 5.75 Å². The van der Waals surface area contributed by atoms with Crippen LogP contribution in [0.3, 0.4) is 0 Å². The fourth-order valence-corrected chi connectivity index (χ4v) is 5.93. The number of allylic oxidation sites excluding steroid dienone is 1. The second-order valence-electron chi connectivity index (χ2n) is 8.66. The zero-order chi connectivity index (χ0) is 27.5. The van der Waals surface area contributed by atoms with Crippen LogP contribution in [0.25, 0.3) is 0 Å². The van der Waals surface area contributed by atoms with E-state index < -0.39 is 12.0 Å². The maximum Gasteiger partial charge on any atom is 0.338 e. The smallest absolute Gasteiger partial charge is 0.338 e. The predicted octanol–water partition coefficient (Wildman–Crippen LogP) is 7.68. The standard InChI is InChI=1S/C28H23BrCl2N4O3S/c1-16-24(26(36)37-2)25(20-13-19(29)11-12-23(20)38-14-17-7-3-5-9-21(17)30)35-27(32-16)33-28(34-35)39-15-18-8-4-6-10-22(18)31/h3-13,25H,14-15H2,1-2H3,(H,32,33,34). The molecule has 1 aromatic heterocycles. The van der Waals surface area contributed by atoms with Crippen molar-refractivity contribution in [2.24, 2.45) is 0 Å². The SMILES string of the molecule is COC(=O)C1=C(C)Nc2nc(SCc3ccccc3Cl)nn2C1c1cc(Br)ccc1OCc1ccccc1Cl. The van der Waals surface area contributed by atoms with Gasteiger partial charge in [-0.05, 0) is 42.8 Å². The van der Waals surface area contributed by atoms with Crippen molar-refractivity contribution < 1.29 is 14.3 Å². The Morgan fingerprint density at radius 3 is 2.46 bits per heavy atom. The van der Waals surface area contributed by atoms with E-state index in [9.17, 15) is 4.79 Å². The molecule has 11 heteroatoms. The number of ether oxygens (including phenoxy) is 2. The second-order valence-corrected chi connectivity index (χ2v) is 11.3. The fourth-order valence-electron chi connectivity index (χ4n) is 4.25. The number of fused-ring (bicyclic) bond motifs is 1. The number of nitrogens with one attached hydrogen (secondary N) is 1. The molecular formula is C28H23BrCl2N4O3S. The average Bonchev–Trinajstić information content (AvgIpc) is 3.33. The zero-order valence-electron chi connectivity index (χ0n) is 21.0. The van der Waals surface area contributed by atoms with Crippen molar-refractivity contribution in [3.8, 4) is 5.75 Å². The van der Waals surface area contributed by atoms with Crippen LogP contribution in [-0.4, -0.2) is 27.8 Å². The van der Waals surface area contributed by atoms with Gasteiger partial charge in [0.05, 0.1) is 12.7 Å². The van der Waals surface area contributed by atoms with Gasteiger partial charge in [0, 0.05) is 37.1 Å². The lowest BCUT2D eigenvalue weighted by atomic mass is 9.95. The molecule has 0 amide bonds. The summed E-state index contributed by atoms with van der Waals surface area (Å²) in [5, 5.41) is 9.84. The van der Waals surface area contributed by atoms with E-state index in [2.05, 4.69) is 21.2 Å². The highest BCUT2D eigenvalue weighted by molar-refractivity contribution is 9.10. The Morgan fingerprint density at radius 1 is 1.08 bits per heavy atom. The number of methoxy groups -OCH3 is 1. The second kappa shape index (κ2) is 12.0. The molecule has 1 N–H and O–H groups in total. The summed E-state index contributed by atoms with van der Waals surface area (Å²) >= 11 is 17.7. The number of hydrogen-bond donors (Lipinski definition) is 1. The molecule has 0 saturated carbocycles. The minimum Gasteiger partial charge on any atom is -0.488 e. The van der Waals surface area contributed by atoms with Gasteiger partial charge in [0.25, 0.3) is 0 Å². The summed E-state index contributed by atoms with van der Waals surface area (Å²) in [6, 6.07) is 20.2. The molecule has 200 valence electrons. The van der Waals surface area contributed by atoms with E-state index in [4.69, 9.17) is 42.8 Å². The summed E-state index contributed by atoms with van der Waals surface area (Å²) in [6.07, 6.45) is 0. The molecule has 1 unspecified atom stereocenters. The molecule has 0 saturated heterocycles. The van der Waals surface area contributed by atoms with E-state index in [1.807, 2.05) is 73.7 Å². The summed E-state index contributed by atoms with van der Waals surface area (Å²) in [4.78, 5) is 17.8. The lowest BCUT2D eigenvalue weighted by Crippen LogP contribution is -2.29. The zero-order valence-corrected chi connectivity index (χ0v) is 24.9. The number of carbonyl (C=O) groups is 1. The van der Waals surface area contributed by atoms with Gasteiger partial charge in [0.1, 0.15) is 18.4 Å². The van der Waals surface area contributed by atoms with Gasteiger partial charge in [-0.15, -0.1) is 5.10 Å². The molecule has 0 bridgehead atoms. The number of halogens is 3. The maximum atomic E-state index is 13.1. The highest BCUT2D eigenvalue weighted by Crippen LogP contribution is 2.42. The molecular weight excluding hydrogens is 623 g/mol. The molecule has 5 rings (SSSR count). The quantitative estimate of drug-likeness (QED) is 0.156. The lowest BCUT2D eigenvalue weighted by molar-refractivity contribution is -0.136. The number of aromatic nitrogens is 3. The van der Waals surface area contributed by atoms with Crippen LogP contribution in [0.2, 0.25) is 10.0 Å². The summed E-state index contributed by atoms with van der Waals surface area (Å²) in [5.41, 5.74) is 3.56. The third kappa shape index (κ3) is 5.96. The minimum atomic E-state index is -0.658. The van der Waals surface area contributed by atoms with Crippen molar-refractivity contribution >= 4 is 62.8 Å². The van der Waals surface area contributed by atoms with E-state index in [0.717, 1.165) is 15.6 Å². The number of benzene rings is 3. The van der Waals surface area contributed by atoms with Gasteiger partial charge < -0.3 is 14.8 Å². The van der Waals surface area contributed by atoms with Gasteiger partial charge in [-0.2, -0.15) is 4.98 Å². The molecule has 0 aliphatic carbocycles. The number of rotatable bonds is 8. The Hall–Kier alpha value is -2.98. The van der Waals surface area contributed by atoms with Crippen molar-refractivity contribution in [1.82, 2.24) is 14.8 Å². The van der Waals surface area contributed by atoms with E-state index in [1.54, 1.807) is 4.68 Å². The molecule has 3 aromatic carbocycles. The Balaban J connectivity index is 1.54. The third-order valence-corrected chi connectivity index (χ3v) is 8.28. The number of carbonyl (C=O) groups excluding carboxylic acids is 1. The van der Waals surface area contributed by atoms with Gasteiger partial charge >= 0.3 is 5.97 Å². The maximum absolute atomic E-state index is 13.1. The van der Waals surface area contributed by atoms with E-state index in [1.165, 1.54) is 18.9 Å². The topological polar surface area (TPSA) is 78.3 Å². The number of hydrogen-bond acceptors (Lipinski definition) is 7. The molecule has 0 spiro atoms. The Labute approximate surface area is 248 Å². The van der Waals surface area contributed by atoms with Crippen LogP contribution in [-0.2, 0) is 21.9 Å². The van der Waals surface area contributed by atoms with Crippen LogP contribution in [0, 0.1) is 0 Å². The van der Waals surface area contributed by atoms with Gasteiger partial charge in [0.2, 0.25) is 11.1 Å². The normalized spacial score (nSPS) is 14.5. The Bertz CT molecular complexity index is 1580. The van der Waals surface area contributed by atoms with E-state index >= 15 is 0 Å². The highest BCUT2D eigenvalue weighted by Gasteiger charge is 2.37. The van der Waals surface area contributed by atoms with Crippen LogP contribution in [0.15, 0.2) is 87.6 Å². The summed E-state index contributed by atoms with van der Waals surface area (Å²) in [6.45, 7) is 2.06. The Morgan fingerprint density at radius 2 is 1.77 bits per heavy atom. The molecule has 0 radical (unpaired) electrons. The van der Waals surface area contributed by atoms with Crippen molar-refractivity contribution in [3.05, 3.63) is 109 Å². The largest absolute Gasteiger partial charge is 0.488 e. The van der Waals surface area contributed by atoms with Gasteiger partial charge in [-0.25, -0.2) is 9.48 Å². The number of thioether (sulfide) groups is 1. The lowest BCUT2D eigenvalue weighted by Gasteiger charge is -2.29. The first-order chi connectivity index (χ1) is 18.9. The molecule has 0 fully saturated rings. The molecule has 39 heavy (non-hydrogen) atoms. The average molecular weight is 646 g/mol. The molecule has 1 aliphatic heterocycles. The monoisotopic (exact) mass is 644 g/mol. The van der Waals surface area contributed by atoms with E-state index in [-0.39, 0.29) is 6.61 Å². The van der Waals surface area contributed by atoms with Gasteiger partial charge in [0.15, 0.2) is 0 Å². The molecule has 2 heterocycles. The molecule has 7 nitrogen and oxygen atoms in total. The molecule has 1 aliphatic rings. The van der Waals surface area contributed by atoms with Gasteiger partial charge in [-0.3, -0.25) is 0 Å². The fraction of sp³-hybridized carbons (Fsp3) is 0.179. The van der Waals surface area contributed by atoms with Crippen molar-refractivity contribution in [3.63, 3.8) is 0 Å². The summed E-state index contributed by atoms with van der Waals surface area (Å²) in [7, 11) is 1.36. The molecule has 1 atom stereocenters. The minimum absolute atomic E-state index is 0.249. The number of anilines is 1.